The fourth-order valence-corrected chi connectivity index (χ4v) is 2.74. The van der Waals surface area contributed by atoms with E-state index < -0.39 is 0 Å². The van der Waals surface area contributed by atoms with Gasteiger partial charge in [0.1, 0.15) is 0 Å². The van der Waals surface area contributed by atoms with Gasteiger partial charge in [0.25, 0.3) is 5.91 Å². The Morgan fingerprint density at radius 1 is 1.37 bits per heavy atom. The minimum atomic E-state index is 0.127. The molecule has 1 unspecified atom stereocenters. The first kappa shape index (κ1) is 14.5. The molecule has 4 heteroatoms. The summed E-state index contributed by atoms with van der Waals surface area (Å²) >= 11 is 3.39. The molecule has 1 saturated heterocycles. The average molecular weight is 325 g/mol. The number of hydrogen-bond acceptors (Lipinski definition) is 2. The molecule has 1 N–H and O–H groups in total. The first-order valence-corrected chi connectivity index (χ1v) is 7.78. The second kappa shape index (κ2) is 7.06. The van der Waals surface area contributed by atoms with E-state index in [-0.39, 0.29) is 5.91 Å². The minimum absolute atomic E-state index is 0.127. The molecular weight excluding hydrogens is 304 g/mol. The van der Waals surface area contributed by atoms with Gasteiger partial charge in [0.15, 0.2) is 0 Å². The zero-order valence-corrected chi connectivity index (χ0v) is 12.9. The number of rotatable bonds is 4. The number of amides is 1. The van der Waals surface area contributed by atoms with E-state index in [2.05, 4.69) is 21.2 Å². The minimum Gasteiger partial charge on any atom is -0.337 e. The number of likely N-dealkylation sites (N-methyl/N-ethyl adjacent to an activating group) is 1. The quantitative estimate of drug-likeness (QED) is 0.923. The van der Waals surface area contributed by atoms with Crippen LogP contribution in [0.5, 0.6) is 0 Å². The summed E-state index contributed by atoms with van der Waals surface area (Å²) in [7, 11) is 0. The van der Waals surface area contributed by atoms with Gasteiger partial charge in [0, 0.05) is 29.2 Å². The van der Waals surface area contributed by atoms with Crippen LogP contribution in [-0.4, -0.2) is 36.5 Å². The normalized spacial score (nSPS) is 19.2. The van der Waals surface area contributed by atoms with Gasteiger partial charge in [-0.25, -0.2) is 0 Å². The fourth-order valence-electron chi connectivity index (χ4n) is 2.48. The lowest BCUT2D eigenvalue weighted by atomic mass is 10.0. The summed E-state index contributed by atoms with van der Waals surface area (Å²) in [5, 5.41) is 3.50. The Bertz CT molecular complexity index is 413. The molecule has 1 aliphatic rings. The van der Waals surface area contributed by atoms with Gasteiger partial charge in [-0.1, -0.05) is 22.4 Å². The highest BCUT2D eigenvalue weighted by Gasteiger charge is 2.20. The summed E-state index contributed by atoms with van der Waals surface area (Å²) < 4.78 is 1.00. The fraction of sp³-hybridized carbons (Fsp3) is 0.533. The number of nitrogens with one attached hydrogen (secondary N) is 1. The van der Waals surface area contributed by atoms with Crippen molar-refractivity contribution in [3.8, 4) is 0 Å². The number of halogens is 1. The van der Waals surface area contributed by atoms with Gasteiger partial charge in [0.05, 0.1) is 0 Å². The first-order valence-electron chi connectivity index (χ1n) is 6.99. The monoisotopic (exact) mass is 324 g/mol. The number of nitrogens with zero attached hydrogens (tertiary/aromatic N) is 1. The molecule has 1 aromatic rings. The largest absolute Gasteiger partial charge is 0.337 e. The van der Waals surface area contributed by atoms with Gasteiger partial charge in [-0.3, -0.25) is 4.79 Å². The van der Waals surface area contributed by atoms with Crippen molar-refractivity contribution in [1.29, 1.82) is 0 Å². The first-order chi connectivity index (χ1) is 9.20. The van der Waals surface area contributed by atoms with Crippen LogP contribution in [-0.2, 0) is 0 Å². The number of carbonyl (C=O) groups excluding carboxylic acids is 1. The Morgan fingerprint density at radius 2 is 2.11 bits per heavy atom. The van der Waals surface area contributed by atoms with E-state index in [1.807, 2.05) is 36.1 Å². The van der Waals surface area contributed by atoms with Crippen molar-refractivity contribution in [2.24, 2.45) is 0 Å². The highest BCUT2D eigenvalue weighted by Crippen LogP contribution is 2.14. The maximum Gasteiger partial charge on any atom is 0.253 e. The molecule has 1 atom stereocenters. The third kappa shape index (κ3) is 4.05. The molecule has 0 bridgehead atoms. The highest BCUT2D eigenvalue weighted by atomic mass is 79.9. The second-order valence-electron chi connectivity index (χ2n) is 5.00. The van der Waals surface area contributed by atoms with Gasteiger partial charge < -0.3 is 10.2 Å². The number of piperidine rings is 1. The Kier molecular flexibility index (Phi) is 5.40. The zero-order valence-electron chi connectivity index (χ0n) is 11.4. The molecule has 3 nitrogen and oxygen atoms in total. The molecule has 2 rings (SSSR count). The number of hydrogen-bond donors (Lipinski definition) is 1. The average Bonchev–Trinajstić information content (AvgIpc) is 2.46. The van der Waals surface area contributed by atoms with E-state index >= 15 is 0 Å². The molecule has 19 heavy (non-hydrogen) atoms. The van der Waals surface area contributed by atoms with Crippen LogP contribution in [0.4, 0.5) is 0 Å². The highest BCUT2D eigenvalue weighted by molar-refractivity contribution is 9.10. The van der Waals surface area contributed by atoms with Crippen LogP contribution in [0.25, 0.3) is 0 Å². The smallest absolute Gasteiger partial charge is 0.253 e. The maximum absolute atomic E-state index is 12.4. The van der Waals surface area contributed by atoms with Crippen molar-refractivity contribution in [2.75, 3.05) is 19.6 Å². The Labute approximate surface area is 123 Å². The summed E-state index contributed by atoms with van der Waals surface area (Å²) in [4.78, 5) is 14.4. The lowest BCUT2D eigenvalue weighted by molar-refractivity contribution is 0.0741. The van der Waals surface area contributed by atoms with Crippen molar-refractivity contribution < 1.29 is 4.79 Å². The predicted molar refractivity (Wildman–Crippen MR) is 81.4 cm³/mol. The molecule has 1 aliphatic heterocycles. The van der Waals surface area contributed by atoms with Gasteiger partial charge in [-0.05, 0) is 50.6 Å². The van der Waals surface area contributed by atoms with Gasteiger partial charge in [-0.2, -0.15) is 0 Å². The zero-order chi connectivity index (χ0) is 13.7. The van der Waals surface area contributed by atoms with Crippen LogP contribution in [0, 0.1) is 0 Å². The van der Waals surface area contributed by atoms with E-state index in [4.69, 9.17) is 0 Å². The van der Waals surface area contributed by atoms with Gasteiger partial charge in [-0.15, -0.1) is 0 Å². The molecule has 0 spiro atoms. The molecule has 1 heterocycles. The van der Waals surface area contributed by atoms with Crippen molar-refractivity contribution in [1.82, 2.24) is 10.2 Å². The SMILES string of the molecule is CCN(CC1CCCCN1)C(=O)c1ccc(Br)cc1. The molecule has 0 saturated carbocycles. The van der Waals surface area contributed by atoms with Gasteiger partial charge >= 0.3 is 0 Å². The van der Waals surface area contributed by atoms with Crippen molar-refractivity contribution in [3.63, 3.8) is 0 Å². The predicted octanol–water partition coefficient (Wildman–Crippen LogP) is 3.05. The van der Waals surface area contributed by atoms with Crippen LogP contribution in [0.1, 0.15) is 36.5 Å². The van der Waals surface area contributed by atoms with E-state index in [0.29, 0.717) is 6.04 Å². The lowest BCUT2D eigenvalue weighted by Gasteiger charge is -2.30. The van der Waals surface area contributed by atoms with E-state index in [9.17, 15) is 4.79 Å². The Balaban J connectivity index is 1.99. The molecule has 1 amide bonds. The number of carbonyl (C=O) groups is 1. The topological polar surface area (TPSA) is 32.3 Å². The standard InChI is InChI=1S/C15H21BrN2O/c1-2-18(11-14-5-3-4-10-17-14)15(19)12-6-8-13(16)9-7-12/h6-9,14,17H,2-5,10-11H2,1H3. The Morgan fingerprint density at radius 3 is 2.68 bits per heavy atom. The van der Waals surface area contributed by atoms with Crippen molar-refractivity contribution in [3.05, 3.63) is 34.3 Å². The summed E-state index contributed by atoms with van der Waals surface area (Å²) in [5.41, 5.74) is 0.765. The van der Waals surface area contributed by atoms with E-state index in [1.54, 1.807) is 0 Å². The summed E-state index contributed by atoms with van der Waals surface area (Å²) in [5.74, 6) is 0.127. The van der Waals surface area contributed by atoms with Gasteiger partial charge in [0.2, 0.25) is 0 Å². The maximum atomic E-state index is 12.4. The summed E-state index contributed by atoms with van der Waals surface area (Å²) in [6.45, 7) is 4.69. The van der Waals surface area contributed by atoms with Crippen LogP contribution < -0.4 is 5.32 Å². The molecule has 0 aromatic heterocycles. The van der Waals surface area contributed by atoms with Crippen LogP contribution in [0.3, 0.4) is 0 Å². The molecule has 1 aromatic carbocycles. The molecular formula is C15H21BrN2O. The van der Waals surface area contributed by atoms with Crippen LogP contribution >= 0.6 is 15.9 Å². The molecule has 0 aliphatic carbocycles. The third-order valence-corrected chi connectivity index (χ3v) is 4.14. The number of benzene rings is 1. The third-order valence-electron chi connectivity index (χ3n) is 3.61. The van der Waals surface area contributed by atoms with E-state index in [0.717, 1.165) is 29.7 Å². The summed E-state index contributed by atoms with van der Waals surface area (Å²) in [6, 6.07) is 8.04. The molecule has 0 radical (unpaired) electrons. The summed E-state index contributed by atoms with van der Waals surface area (Å²) in [6.07, 6.45) is 3.69. The lowest BCUT2D eigenvalue weighted by Crippen LogP contribution is -2.45. The molecule has 1 fully saturated rings. The van der Waals surface area contributed by atoms with Crippen molar-refractivity contribution in [2.45, 2.75) is 32.2 Å². The molecule has 104 valence electrons. The van der Waals surface area contributed by atoms with E-state index in [1.165, 1.54) is 19.3 Å². The van der Waals surface area contributed by atoms with Crippen LogP contribution in [0.2, 0.25) is 0 Å². The van der Waals surface area contributed by atoms with Crippen molar-refractivity contribution >= 4 is 21.8 Å². The Hall–Kier alpha value is -0.870. The van der Waals surface area contributed by atoms with Crippen LogP contribution in [0.15, 0.2) is 28.7 Å². The second-order valence-corrected chi connectivity index (χ2v) is 5.91.